The van der Waals surface area contributed by atoms with E-state index in [0.29, 0.717) is 6.54 Å². The molecule has 1 aromatic carbocycles. The van der Waals surface area contributed by atoms with E-state index in [2.05, 4.69) is 25.2 Å². The van der Waals surface area contributed by atoms with Crippen LogP contribution in [-0.4, -0.2) is 23.6 Å². The molecule has 0 bridgehead atoms. The Labute approximate surface area is 110 Å². The molecule has 0 unspecified atom stereocenters. The summed E-state index contributed by atoms with van der Waals surface area (Å²) in [5.74, 6) is -0.0406. The second kappa shape index (κ2) is 4.56. The first kappa shape index (κ1) is 12.0. The van der Waals surface area contributed by atoms with Gasteiger partial charge in [0.1, 0.15) is 0 Å². The minimum absolute atomic E-state index is 0.0406. The smallest absolute Gasteiger partial charge is 0.264 e. The van der Waals surface area contributed by atoms with E-state index in [1.807, 2.05) is 6.07 Å². The van der Waals surface area contributed by atoms with Gasteiger partial charge < -0.3 is 5.32 Å². The van der Waals surface area contributed by atoms with Gasteiger partial charge in [-0.05, 0) is 23.3 Å². The number of sulfonamides is 1. The van der Waals surface area contributed by atoms with Gasteiger partial charge in [0.15, 0.2) is 0 Å². The summed E-state index contributed by atoms with van der Waals surface area (Å²) in [4.78, 5) is 3.98. The lowest BCUT2D eigenvalue weighted by Gasteiger charge is -2.07. The summed E-state index contributed by atoms with van der Waals surface area (Å²) >= 11 is 0. The summed E-state index contributed by atoms with van der Waals surface area (Å²) in [6, 6.07) is 5.05. The number of benzene rings is 1. The Morgan fingerprint density at radius 2 is 2.00 bits per heavy atom. The van der Waals surface area contributed by atoms with Gasteiger partial charge in [0, 0.05) is 13.1 Å². The van der Waals surface area contributed by atoms with Crippen molar-refractivity contribution in [3.63, 3.8) is 0 Å². The highest BCUT2D eigenvalue weighted by molar-refractivity contribution is 7.92. The van der Waals surface area contributed by atoms with Crippen LogP contribution in [0, 0.1) is 0 Å². The Morgan fingerprint density at radius 3 is 2.79 bits per heavy atom. The van der Waals surface area contributed by atoms with Crippen LogP contribution in [0.1, 0.15) is 11.1 Å². The molecular formula is C11H11N5O2S. The van der Waals surface area contributed by atoms with Crippen molar-refractivity contribution < 1.29 is 8.42 Å². The van der Waals surface area contributed by atoms with Gasteiger partial charge in [-0.15, -0.1) is 5.10 Å². The Balaban J connectivity index is 1.92. The average Bonchev–Trinajstić information content (AvgIpc) is 2.86. The molecule has 19 heavy (non-hydrogen) atoms. The molecule has 0 spiro atoms. The Kier molecular flexibility index (Phi) is 2.88. The number of rotatable bonds is 3. The zero-order valence-electron chi connectivity index (χ0n) is 9.87. The molecule has 0 atom stereocenters. The van der Waals surface area contributed by atoms with Crippen LogP contribution in [-0.2, 0) is 23.1 Å². The van der Waals surface area contributed by atoms with Gasteiger partial charge in [0.2, 0.25) is 0 Å². The maximum Gasteiger partial charge on any atom is 0.264 e. The SMILES string of the molecule is O=S(=O)(Nc1nccnn1)c1ccc2c(c1)CNC2. The maximum atomic E-state index is 12.2. The van der Waals surface area contributed by atoms with Crippen molar-refractivity contribution in [1.29, 1.82) is 0 Å². The number of nitrogens with one attached hydrogen (secondary N) is 2. The molecule has 0 aliphatic carbocycles. The summed E-state index contributed by atoms with van der Waals surface area (Å²) < 4.78 is 26.6. The van der Waals surface area contributed by atoms with E-state index in [1.54, 1.807) is 12.1 Å². The van der Waals surface area contributed by atoms with Gasteiger partial charge >= 0.3 is 0 Å². The van der Waals surface area contributed by atoms with Crippen molar-refractivity contribution in [1.82, 2.24) is 20.5 Å². The average molecular weight is 277 g/mol. The van der Waals surface area contributed by atoms with Gasteiger partial charge in [-0.3, -0.25) is 0 Å². The van der Waals surface area contributed by atoms with Crippen LogP contribution in [0.25, 0.3) is 0 Å². The minimum atomic E-state index is -3.68. The predicted octanol–water partition coefficient (Wildman–Crippen LogP) is 0.276. The summed E-state index contributed by atoms with van der Waals surface area (Å²) in [6.07, 6.45) is 2.75. The fourth-order valence-electron chi connectivity index (χ4n) is 1.91. The van der Waals surface area contributed by atoms with E-state index in [1.165, 1.54) is 12.4 Å². The third-order valence-electron chi connectivity index (χ3n) is 2.83. The third-order valence-corrected chi connectivity index (χ3v) is 4.15. The van der Waals surface area contributed by atoms with Crippen LogP contribution in [0.3, 0.4) is 0 Å². The monoisotopic (exact) mass is 277 g/mol. The first-order chi connectivity index (χ1) is 9.15. The zero-order chi connectivity index (χ0) is 13.3. The van der Waals surface area contributed by atoms with Crippen LogP contribution < -0.4 is 10.0 Å². The highest BCUT2D eigenvalue weighted by Crippen LogP contribution is 2.21. The predicted molar refractivity (Wildman–Crippen MR) is 67.6 cm³/mol. The van der Waals surface area contributed by atoms with Gasteiger partial charge in [0.05, 0.1) is 17.3 Å². The van der Waals surface area contributed by atoms with Gasteiger partial charge in [-0.2, -0.15) is 5.10 Å². The fourth-order valence-corrected chi connectivity index (χ4v) is 2.91. The molecule has 2 aromatic rings. The molecule has 1 aliphatic heterocycles. The minimum Gasteiger partial charge on any atom is -0.309 e. The largest absolute Gasteiger partial charge is 0.309 e. The fraction of sp³-hybridized carbons (Fsp3) is 0.182. The van der Waals surface area contributed by atoms with E-state index in [0.717, 1.165) is 17.7 Å². The molecule has 98 valence electrons. The number of anilines is 1. The maximum absolute atomic E-state index is 12.2. The van der Waals surface area contributed by atoms with E-state index in [-0.39, 0.29) is 10.8 Å². The van der Waals surface area contributed by atoms with Gasteiger partial charge in [-0.1, -0.05) is 6.07 Å². The summed E-state index contributed by atoms with van der Waals surface area (Å²) in [5, 5.41) is 10.3. The Bertz CT molecular complexity index is 702. The van der Waals surface area contributed by atoms with Crippen LogP contribution in [0.5, 0.6) is 0 Å². The molecule has 0 fully saturated rings. The number of nitrogens with zero attached hydrogens (tertiary/aromatic N) is 3. The van der Waals surface area contributed by atoms with Crippen molar-refractivity contribution in [3.8, 4) is 0 Å². The highest BCUT2D eigenvalue weighted by Gasteiger charge is 2.19. The van der Waals surface area contributed by atoms with Crippen molar-refractivity contribution in [3.05, 3.63) is 41.7 Å². The topological polar surface area (TPSA) is 96.9 Å². The van der Waals surface area contributed by atoms with Crippen molar-refractivity contribution in [2.75, 3.05) is 4.72 Å². The molecular weight excluding hydrogens is 266 g/mol. The highest BCUT2D eigenvalue weighted by atomic mass is 32.2. The van der Waals surface area contributed by atoms with E-state index in [4.69, 9.17) is 0 Å². The third kappa shape index (κ3) is 2.40. The number of aromatic nitrogens is 3. The van der Waals surface area contributed by atoms with Crippen molar-refractivity contribution in [2.24, 2.45) is 0 Å². The molecule has 0 saturated heterocycles. The molecule has 3 rings (SSSR count). The summed E-state index contributed by atoms with van der Waals surface area (Å²) in [7, 11) is -3.68. The lowest BCUT2D eigenvalue weighted by Crippen LogP contribution is -2.15. The lowest BCUT2D eigenvalue weighted by atomic mass is 10.1. The molecule has 2 heterocycles. The Morgan fingerprint density at radius 1 is 1.16 bits per heavy atom. The van der Waals surface area contributed by atoms with E-state index >= 15 is 0 Å². The standard InChI is InChI=1S/C11H11N5O2S/c17-19(18,16-11-13-3-4-14-15-11)10-2-1-8-6-12-7-9(8)5-10/h1-5,12H,6-7H2,(H,13,15,16). The quantitative estimate of drug-likeness (QED) is 0.836. The summed E-state index contributed by atoms with van der Waals surface area (Å²) in [5.41, 5.74) is 2.12. The normalized spacial score (nSPS) is 14.1. The van der Waals surface area contributed by atoms with Crippen molar-refractivity contribution >= 4 is 16.0 Å². The zero-order valence-corrected chi connectivity index (χ0v) is 10.7. The molecule has 7 nitrogen and oxygen atoms in total. The molecule has 2 N–H and O–H groups in total. The Hall–Kier alpha value is -2.06. The molecule has 1 aliphatic rings. The lowest BCUT2D eigenvalue weighted by molar-refractivity contribution is 0.600. The van der Waals surface area contributed by atoms with Crippen LogP contribution in [0.4, 0.5) is 5.95 Å². The van der Waals surface area contributed by atoms with Gasteiger partial charge in [0.25, 0.3) is 16.0 Å². The van der Waals surface area contributed by atoms with Crippen LogP contribution in [0.15, 0.2) is 35.5 Å². The van der Waals surface area contributed by atoms with Crippen LogP contribution in [0.2, 0.25) is 0 Å². The molecule has 0 amide bonds. The molecule has 1 aromatic heterocycles. The second-order valence-corrected chi connectivity index (χ2v) is 5.79. The second-order valence-electron chi connectivity index (χ2n) is 4.11. The molecule has 0 radical (unpaired) electrons. The van der Waals surface area contributed by atoms with Gasteiger partial charge in [-0.25, -0.2) is 18.1 Å². The van der Waals surface area contributed by atoms with E-state index in [9.17, 15) is 8.42 Å². The molecule has 0 saturated carbocycles. The number of hydrogen-bond donors (Lipinski definition) is 2. The number of fused-ring (bicyclic) bond motifs is 1. The molecule has 8 heteroatoms. The first-order valence-electron chi connectivity index (χ1n) is 5.64. The number of hydrogen-bond acceptors (Lipinski definition) is 6. The summed E-state index contributed by atoms with van der Waals surface area (Å²) in [6.45, 7) is 1.46. The first-order valence-corrected chi connectivity index (χ1v) is 7.12. The van der Waals surface area contributed by atoms with E-state index < -0.39 is 10.0 Å². The van der Waals surface area contributed by atoms with Crippen LogP contribution >= 0.6 is 0 Å². The van der Waals surface area contributed by atoms with Crippen molar-refractivity contribution in [2.45, 2.75) is 18.0 Å².